The zero-order valence-corrected chi connectivity index (χ0v) is 13.6. The number of methoxy groups -OCH3 is 2. The highest BCUT2D eigenvalue weighted by molar-refractivity contribution is 7.80. The number of thiol groups is 1. The summed E-state index contributed by atoms with van der Waals surface area (Å²) in [4.78, 5) is 11.2. The van der Waals surface area contributed by atoms with E-state index < -0.39 is 18.2 Å². The van der Waals surface area contributed by atoms with Gasteiger partial charge in [-0.3, -0.25) is 0 Å². The van der Waals surface area contributed by atoms with E-state index >= 15 is 0 Å². The second-order valence-electron chi connectivity index (χ2n) is 4.56. The summed E-state index contributed by atoms with van der Waals surface area (Å²) in [6.07, 6.45) is -3.63. The predicted octanol–water partition coefficient (Wildman–Crippen LogP) is 3.56. The number of unbranched alkanes of at least 4 members (excludes halogenated alkanes) is 1. The Morgan fingerprint density at radius 1 is 1.26 bits per heavy atom. The third-order valence-electron chi connectivity index (χ3n) is 2.87. The molecule has 1 rings (SSSR count). The molecule has 0 heterocycles. The van der Waals surface area contributed by atoms with Gasteiger partial charge in [-0.2, -0.15) is 0 Å². The molecule has 1 aromatic rings. The lowest BCUT2D eigenvalue weighted by Crippen LogP contribution is -2.24. The maximum absolute atomic E-state index is 12.4. The van der Waals surface area contributed by atoms with Crippen molar-refractivity contribution in [3.8, 4) is 11.5 Å². The molecule has 0 spiro atoms. The molecule has 0 radical (unpaired) electrons. The van der Waals surface area contributed by atoms with Crippen molar-refractivity contribution >= 4 is 18.7 Å². The number of alkyl carbamates (subject to hydrolysis) is 1. The highest BCUT2D eigenvalue weighted by Crippen LogP contribution is 2.37. The van der Waals surface area contributed by atoms with Crippen molar-refractivity contribution in [3.05, 3.63) is 17.7 Å². The first-order valence-corrected chi connectivity index (χ1v) is 7.19. The molecule has 1 aromatic carbocycles. The van der Waals surface area contributed by atoms with Gasteiger partial charge >= 0.3 is 12.5 Å². The summed E-state index contributed by atoms with van der Waals surface area (Å²) in [7, 11) is 2.54. The molecule has 0 saturated heterocycles. The van der Waals surface area contributed by atoms with Crippen LogP contribution in [0.1, 0.15) is 18.4 Å². The van der Waals surface area contributed by atoms with Crippen molar-refractivity contribution in [2.45, 2.75) is 30.5 Å². The van der Waals surface area contributed by atoms with Crippen molar-refractivity contribution in [1.29, 1.82) is 0 Å². The Bertz CT molecular complexity index is 537. The zero-order valence-electron chi connectivity index (χ0n) is 12.7. The summed E-state index contributed by atoms with van der Waals surface area (Å²) in [6, 6.07) is 2.77. The molecule has 0 bridgehead atoms. The highest BCUT2D eigenvalue weighted by atomic mass is 32.1. The van der Waals surface area contributed by atoms with Crippen molar-refractivity contribution in [2.24, 2.45) is 0 Å². The van der Waals surface area contributed by atoms with E-state index in [9.17, 15) is 18.0 Å². The van der Waals surface area contributed by atoms with Gasteiger partial charge in [0.1, 0.15) is 0 Å². The third-order valence-corrected chi connectivity index (χ3v) is 3.13. The first-order valence-electron chi connectivity index (χ1n) is 6.74. The van der Waals surface area contributed by atoms with Crippen LogP contribution in [0.5, 0.6) is 11.5 Å². The second kappa shape index (κ2) is 8.76. The third kappa shape index (κ3) is 6.89. The quantitative estimate of drug-likeness (QED) is 0.581. The van der Waals surface area contributed by atoms with Gasteiger partial charge in [0.25, 0.3) is 0 Å². The van der Waals surface area contributed by atoms with Crippen LogP contribution >= 0.6 is 12.6 Å². The smallest absolute Gasteiger partial charge is 0.493 e. The van der Waals surface area contributed by atoms with E-state index in [2.05, 4.69) is 27.4 Å². The standard InChI is InChI=1S/C14H18F3NO4S/c1-20-12-9(5-3-4-6-18-13(19)21-2)7-10(23)8-11(12)22-14(15,16)17/h7-8,23H,3-6H2,1-2H3,(H,18,19). The van der Waals surface area contributed by atoms with Gasteiger partial charge in [-0.05, 0) is 37.0 Å². The van der Waals surface area contributed by atoms with Gasteiger partial charge in [0.05, 0.1) is 14.2 Å². The minimum absolute atomic E-state index is 0.0288. The predicted molar refractivity (Wildman–Crippen MR) is 80.3 cm³/mol. The van der Waals surface area contributed by atoms with Crippen LogP contribution in [0.3, 0.4) is 0 Å². The van der Waals surface area contributed by atoms with Crippen LogP contribution in [-0.2, 0) is 11.2 Å². The number of nitrogens with one attached hydrogen (secondary N) is 1. The van der Waals surface area contributed by atoms with Crippen LogP contribution < -0.4 is 14.8 Å². The SMILES string of the molecule is COC(=O)NCCCCc1cc(S)cc(OC(F)(F)F)c1OC. The number of carbonyl (C=O) groups is 1. The Morgan fingerprint density at radius 2 is 1.96 bits per heavy atom. The minimum atomic E-state index is -4.81. The fraction of sp³-hybridized carbons (Fsp3) is 0.500. The van der Waals surface area contributed by atoms with Crippen LogP contribution in [0, 0.1) is 0 Å². The molecule has 0 unspecified atom stereocenters. The molecular formula is C14H18F3NO4S. The number of halogens is 3. The molecule has 0 aliphatic rings. The van der Waals surface area contributed by atoms with E-state index in [1.165, 1.54) is 14.2 Å². The van der Waals surface area contributed by atoms with E-state index in [1.807, 2.05) is 0 Å². The molecular weight excluding hydrogens is 335 g/mol. The first kappa shape index (κ1) is 19.3. The van der Waals surface area contributed by atoms with Gasteiger partial charge in [-0.1, -0.05) is 0 Å². The first-order chi connectivity index (χ1) is 10.8. The van der Waals surface area contributed by atoms with Gasteiger partial charge in [0.15, 0.2) is 11.5 Å². The molecule has 0 atom stereocenters. The molecule has 9 heteroatoms. The molecule has 130 valence electrons. The van der Waals surface area contributed by atoms with Gasteiger partial charge in [-0.25, -0.2) is 4.79 Å². The summed E-state index contributed by atoms with van der Waals surface area (Å²) in [6.45, 7) is 0.404. The maximum Gasteiger partial charge on any atom is 0.573 e. The number of hydrogen-bond donors (Lipinski definition) is 2. The van der Waals surface area contributed by atoms with Crippen molar-refractivity contribution in [3.63, 3.8) is 0 Å². The average Bonchev–Trinajstić information content (AvgIpc) is 2.44. The maximum atomic E-state index is 12.4. The summed E-state index contributed by atoms with van der Waals surface area (Å²) >= 11 is 4.09. The Balaban J connectivity index is 2.72. The van der Waals surface area contributed by atoms with Crippen LogP contribution in [0.4, 0.5) is 18.0 Å². The fourth-order valence-corrected chi connectivity index (χ4v) is 2.24. The van der Waals surface area contributed by atoms with Gasteiger partial charge in [-0.15, -0.1) is 25.8 Å². The Hall–Kier alpha value is -1.77. The number of aryl methyl sites for hydroxylation is 1. The van der Waals surface area contributed by atoms with Crippen LogP contribution in [0.25, 0.3) is 0 Å². The lowest BCUT2D eigenvalue weighted by Gasteiger charge is -2.16. The van der Waals surface area contributed by atoms with Crippen molar-refractivity contribution in [1.82, 2.24) is 5.32 Å². The van der Waals surface area contributed by atoms with Crippen LogP contribution in [0.15, 0.2) is 17.0 Å². The Labute approximate surface area is 137 Å². The van der Waals surface area contributed by atoms with Crippen molar-refractivity contribution < 1.29 is 32.2 Å². The lowest BCUT2D eigenvalue weighted by atomic mass is 10.1. The molecule has 0 aliphatic heterocycles. The van der Waals surface area contributed by atoms with E-state index in [4.69, 9.17) is 4.74 Å². The number of hydrogen-bond acceptors (Lipinski definition) is 5. The molecule has 5 nitrogen and oxygen atoms in total. The highest BCUT2D eigenvalue weighted by Gasteiger charge is 2.33. The fourth-order valence-electron chi connectivity index (χ4n) is 1.96. The van der Waals surface area contributed by atoms with Gasteiger partial charge in [0.2, 0.25) is 0 Å². The number of benzene rings is 1. The largest absolute Gasteiger partial charge is 0.573 e. The molecule has 1 amide bonds. The molecule has 1 N–H and O–H groups in total. The Kier molecular flexibility index (Phi) is 7.34. The second-order valence-corrected chi connectivity index (χ2v) is 5.08. The van der Waals surface area contributed by atoms with E-state index in [-0.39, 0.29) is 5.75 Å². The van der Waals surface area contributed by atoms with Crippen molar-refractivity contribution in [2.75, 3.05) is 20.8 Å². The Morgan fingerprint density at radius 3 is 2.52 bits per heavy atom. The topological polar surface area (TPSA) is 56.8 Å². The lowest BCUT2D eigenvalue weighted by molar-refractivity contribution is -0.275. The number of ether oxygens (including phenoxy) is 3. The minimum Gasteiger partial charge on any atom is -0.493 e. The molecule has 0 fully saturated rings. The average molecular weight is 353 g/mol. The van der Waals surface area contributed by atoms with Gasteiger partial charge < -0.3 is 19.5 Å². The zero-order chi connectivity index (χ0) is 17.5. The van der Waals surface area contributed by atoms with Gasteiger partial charge in [0, 0.05) is 11.4 Å². The van der Waals surface area contributed by atoms with E-state index in [0.29, 0.717) is 36.3 Å². The molecule has 0 aliphatic carbocycles. The molecule has 23 heavy (non-hydrogen) atoms. The van der Waals surface area contributed by atoms with E-state index in [1.54, 1.807) is 6.07 Å². The number of alkyl halides is 3. The number of carbonyl (C=O) groups excluding carboxylic acids is 1. The number of amides is 1. The monoisotopic (exact) mass is 353 g/mol. The number of rotatable bonds is 7. The summed E-state index contributed by atoms with van der Waals surface area (Å²) in [5.74, 6) is -0.392. The van der Waals surface area contributed by atoms with E-state index in [0.717, 1.165) is 6.07 Å². The summed E-state index contributed by atoms with van der Waals surface area (Å²) < 4.78 is 50.7. The molecule has 0 aromatic heterocycles. The summed E-state index contributed by atoms with van der Waals surface area (Å²) in [5, 5.41) is 2.52. The summed E-state index contributed by atoms with van der Waals surface area (Å²) in [5.41, 5.74) is 0.553. The molecule has 0 saturated carbocycles. The van der Waals surface area contributed by atoms with Crippen LogP contribution in [-0.4, -0.2) is 33.2 Å². The van der Waals surface area contributed by atoms with Crippen LogP contribution in [0.2, 0.25) is 0 Å². The normalized spacial score (nSPS) is 11.0.